The summed E-state index contributed by atoms with van der Waals surface area (Å²) in [6, 6.07) is 5.66. The van der Waals surface area contributed by atoms with Crippen LogP contribution in [0.1, 0.15) is 0 Å². The molecule has 3 aromatic rings. The molecule has 1 aliphatic heterocycles. The Morgan fingerprint density at radius 1 is 1.09 bits per heavy atom. The molecule has 0 aliphatic carbocycles. The summed E-state index contributed by atoms with van der Waals surface area (Å²) in [4.78, 5) is 15.7. The van der Waals surface area contributed by atoms with Crippen molar-refractivity contribution in [3.8, 4) is 11.5 Å². The number of pyridine rings is 1. The second-order valence-electron chi connectivity index (χ2n) is 5.19. The Morgan fingerprint density at radius 3 is 2.82 bits per heavy atom. The molecule has 0 aromatic carbocycles. The molecular weight excluding hydrogens is 300 g/mol. The molecule has 0 atom stereocenters. The molecule has 7 heteroatoms. The molecule has 112 valence electrons. The Kier molecular flexibility index (Phi) is 3.40. The summed E-state index contributed by atoms with van der Waals surface area (Å²) in [6.07, 6.45) is 5.41. The van der Waals surface area contributed by atoms with Gasteiger partial charge in [0.2, 0.25) is 0 Å². The predicted molar refractivity (Wildman–Crippen MR) is 86.3 cm³/mol. The number of hydrogen-bond acceptors (Lipinski definition) is 5. The van der Waals surface area contributed by atoms with Crippen LogP contribution in [0.3, 0.4) is 0 Å². The molecule has 4 rings (SSSR count). The Bertz CT molecular complexity index is 809. The van der Waals surface area contributed by atoms with E-state index in [2.05, 4.69) is 20.2 Å². The molecule has 0 spiro atoms. The molecule has 0 amide bonds. The van der Waals surface area contributed by atoms with Crippen LogP contribution in [0.4, 0.5) is 5.82 Å². The highest BCUT2D eigenvalue weighted by atomic mass is 35.5. The number of halogens is 1. The number of aromatic nitrogens is 4. The second-order valence-corrected chi connectivity index (χ2v) is 5.63. The summed E-state index contributed by atoms with van der Waals surface area (Å²) in [6.45, 7) is 3.86. The van der Waals surface area contributed by atoms with E-state index in [1.54, 1.807) is 12.4 Å². The van der Waals surface area contributed by atoms with Crippen molar-refractivity contribution in [2.45, 2.75) is 0 Å². The SMILES string of the molecule is Clc1ccc2ncc(-c3nccc(N4CCNCC4)n3)n2c1. The molecule has 3 aromatic heterocycles. The van der Waals surface area contributed by atoms with Crippen LogP contribution in [0.15, 0.2) is 36.8 Å². The summed E-state index contributed by atoms with van der Waals surface area (Å²) in [5.74, 6) is 1.61. The first-order chi connectivity index (χ1) is 10.8. The lowest BCUT2D eigenvalue weighted by Gasteiger charge is -2.28. The Morgan fingerprint density at radius 2 is 1.95 bits per heavy atom. The average Bonchev–Trinajstić information content (AvgIpc) is 2.99. The van der Waals surface area contributed by atoms with E-state index in [1.807, 2.05) is 28.8 Å². The van der Waals surface area contributed by atoms with Crippen molar-refractivity contribution in [2.75, 3.05) is 31.1 Å². The summed E-state index contributed by atoms with van der Waals surface area (Å²) in [5.41, 5.74) is 1.67. The van der Waals surface area contributed by atoms with E-state index in [9.17, 15) is 0 Å². The van der Waals surface area contributed by atoms with Crippen molar-refractivity contribution in [1.82, 2.24) is 24.7 Å². The monoisotopic (exact) mass is 314 g/mol. The molecule has 0 saturated carbocycles. The van der Waals surface area contributed by atoms with Crippen LogP contribution in [-0.2, 0) is 0 Å². The second kappa shape index (κ2) is 5.55. The van der Waals surface area contributed by atoms with Crippen LogP contribution in [0, 0.1) is 0 Å². The number of anilines is 1. The van der Waals surface area contributed by atoms with Crippen molar-refractivity contribution >= 4 is 23.1 Å². The maximum Gasteiger partial charge on any atom is 0.180 e. The molecule has 1 fully saturated rings. The number of rotatable bonds is 2. The van der Waals surface area contributed by atoms with Crippen LogP contribution >= 0.6 is 11.6 Å². The van der Waals surface area contributed by atoms with Gasteiger partial charge in [0.15, 0.2) is 5.82 Å². The van der Waals surface area contributed by atoms with Crippen LogP contribution in [-0.4, -0.2) is 45.5 Å². The molecule has 22 heavy (non-hydrogen) atoms. The molecule has 4 heterocycles. The quantitative estimate of drug-likeness (QED) is 0.782. The van der Waals surface area contributed by atoms with E-state index in [0.29, 0.717) is 10.8 Å². The standard InChI is InChI=1S/C15H15ClN6/c16-11-1-2-13-19-9-12(22(13)10-11)15-18-4-3-14(20-15)21-7-5-17-6-8-21/h1-4,9-10,17H,5-8H2. The zero-order valence-corrected chi connectivity index (χ0v) is 12.7. The van der Waals surface area contributed by atoms with Gasteiger partial charge in [-0.3, -0.25) is 4.40 Å². The maximum absolute atomic E-state index is 6.08. The van der Waals surface area contributed by atoms with Gasteiger partial charge in [-0.05, 0) is 18.2 Å². The van der Waals surface area contributed by atoms with Gasteiger partial charge in [0.25, 0.3) is 0 Å². The zero-order chi connectivity index (χ0) is 14.9. The highest BCUT2D eigenvalue weighted by molar-refractivity contribution is 6.30. The van der Waals surface area contributed by atoms with Crippen molar-refractivity contribution in [2.24, 2.45) is 0 Å². The van der Waals surface area contributed by atoms with E-state index in [0.717, 1.165) is 43.3 Å². The van der Waals surface area contributed by atoms with Gasteiger partial charge >= 0.3 is 0 Å². The van der Waals surface area contributed by atoms with Crippen molar-refractivity contribution < 1.29 is 0 Å². The largest absolute Gasteiger partial charge is 0.354 e. The molecule has 1 N–H and O–H groups in total. The Balaban J connectivity index is 1.76. The van der Waals surface area contributed by atoms with E-state index in [1.165, 1.54) is 0 Å². The number of nitrogens with one attached hydrogen (secondary N) is 1. The lowest BCUT2D eigenvalue weighted by Crippen LogP contribution is -2.43. The lowest BCUT2D eigenvalue weighted by molar-refractivity contribution is 0.584. The fourth-order valence-corrected chi connectivity index (χ4v) is 2.82. The minimum atomic E-state index is 0.657. The number of piperazine rings is 1. The smallest absolute Gasteiger partial charge is 0.180 e. The fraction of sp³-hybridized carbons (Fsp3) is 0.267. The Labute approximate surface area is 132 Å². The highest BCUT2D eigenvalue weighted by Crippen LogP contribution is 2.21. The van der Waals surface area contributed by atoms with E-state index >= 15 is 0 Å². The van der Waals surface area contributed by atoms with Gasteiger partial charge < -0.3 is 10.2 Å². The van der Waals surface area contributed by atoms with Gasteiger partial charge in [-0.15, -0.1) is 0 Å². The van der Waals surface area contributed by atoms with E-state index < -0.39 is 0 Å². The third-order valence-electron chi connectivity index (χ3n) is 3.78. The molecule has 0 unspecified atom stereocenters. The first-order valence-electron chi connectivity index (χ1n) is 7.23. The number of hydrogen-bond donors (Lipinski definition) is 1. The van der Waals surface area contributed by atoms with E-state index in [-0.39, 0.29) is 0 Å². The Hall–Kier alpha value is -2.18. The lowest BCUT2D eigenvalue weighted by atomic mass is 10.3. The predicted octanol–water partition coefficient (Wildman–Crippen LogP) is 1.85. The molecule has 0 radical (unpaired) electrons. The number of imidazole rings is 1. The van der Waals surface area contributed by atoms with Gasteiger partial charge in [-0.1, -0.05) is 11.6 Å². The minimum Gasteiger partial charge on any atom is -0.354 e. The summed E-state index contributed by atoms with van der Waals surface area (Å²) in [7, 11) is 0. The highest BCUT2D eigenvalue weighted by Gasteiger charge is 2.14. The first-order valence-corrected chi connectivity index (χ1v) is 7.61. The first kappa shape index (κ1) is 13.5. The average molecular weight is 315 g/mol. The van der Waals surface area contributed by atoms with Gasteiger partial charge in [-0.2, -0.15) is 0 Å². The fourth-order valence-electron chi connectivity index (χ4n) is 2.66. The maximum atomic E-state index is 6.08. The third kappa shape index (κ3) is 2.40. The van der Waals surface area contributed by atoms with Crippen LogP contribution in [0.2, 0.25) is 5.02 Å². The zero-order valence-electron chi connectivity index (χ0n) is 11.9. The van der Waals surface area contributed by atoms with Crippen molar-refractivity contribution in [1.29, 1.82) is 0 Å². The molecule has 6 nitrogen and oxygen atoms in total. The van der Waals surface area contributed by atoms with Crippen LogP contribution in [0.25, 0.3) is 17.2 Å². The van der Waals surface area contributed by atoms with Gasteiger partial charge in [0, 0.05) is 38.6 Å². The molecule has 0 bridgehead atoms. The molecule has 1 aliphatic rings. The van der Waals surface area contributed by atoms with Crippen molar-refractivity contribution in [3.05, 3.63) is 41.8 Å². The third-order valence-corrected chi connectivity index (χ3v) is 4.00. The molecule has 1 saturated heterocycles. The van der Waals surface area contributed by atoms with Crippen molar-refractivity contribution in [3.63, 3.8) is 0 Å². The summed E-state index contributed by atoms with van der Waals surface area (Å²) >= 11 is 6.08. The van der Waals surface area contributed by atoms with E-state index in [4.69, 9.17) is 16.6 Å². The summed E-state index contributed by atoms with van der Waals surface area (Å²) < 4.78 is 1.92. The summed E-state index contributed by atoms with van der Waals surface area (Å²) in [5, 5.41) is 4.00. The molecular formula is C15H15ClN6. The normalized spacial score (nSPS) is 15.4. The topological polar surface area (TPSA) is 58.4 Å². The van der Waals surface area contributed by atoms with Crippen LogP contribution < -0.4 is 10.2 Å². The van der Waals surface area contributed by atoms with Gasteiger partial charge in [0.05, 0.1) is 11.2 Å². The number of fused-ring (bicyclic) bond motifs is 1. The number of nitrogens with zero attached hydrogens (tertiary/aromatic N) is 5. The van der Waals surface area contributed by atoms with Gasteiger partial charge in [0.1, 0.15) is 17.2 Å². The van der Waals surface area contributed by atoms with Crippen LogP contribution in [0.5, 0.6) is 0 Å². The van der Waals surface area contributed by atoms with Gasteiger partial charge in [-0.25, -0.2) is 15.0 Å². The minimum absolute atomic E-state index is 0.657.